The summed E-state index contributed by atoms with van der Waals surface area (Å²) in [4.78, 5) is 87.4. The summed E-state index contributed by atoms with van der Waals surface area (Å²) in [6.07, 6.45) is 5.56. The number of hydrogen-bond acceptors (Lipinski definition) is 15. The lowest BCUT2D eigenvalue weighted by Crippen LogP contribution is -2.52. The summed E-state index contributed by atoms with van der Waals surface area (Å²) < 4.78 is 42.9. The molecule has 63 heavy (non-hydrogen) atoms. The molecular weight excluding hydrogens is 828 g/mol. The topological polar surface area (TPSA) is 257 Å². The highest BCUT2D eigenvalue weighted by molar-refractivity contribution is 6.12. The van der Waals surface area contributed by atoms with Gasteiger partial charge in [0.15, 0.2) is 0 Å². The van der Waals surface area contributed by atoms with Crippen molar-refractivity contribution in [3.05, 3.63) is 12.2 Å². The standard InChI is InChI=1S/C42H74N6O15/c1-33(2)45-41(54)34(3)46-38(51)32-44-42(55)35(47-37(50)11-6-5-9-16-48-39(52)12-13-40(48)53)10-7-8-15-43-36(49)14-17-57-20-21-59-24-25-61-28-29-63-31-30-62-27-26-60-23-22-58-19-18-56-4/h12-13,33-35H,5-11,14-32H2,1-4H3,(H,43,49)(H,44,55)(H,45,54)(H,46,51)(H,47,50). The molecule has 0 aromatic heterocycles. The van der Waals surface area contributed by atoms with Crippen LogP contribution in [0.25, 0.3) is 0 Å². The molecule has 7 amide bonds. The van der Waals surface area contributed by atoms with E-state index in [1.165, 1.54) is 19.1 Å². The molecule has 21 heteroatoms. The predicted octanol–water partition coefficient (Wildman–Crippen LogP) is -0.459. The minimum absolute atomic E-state index is 0.107. The zero-order valence-corrected chi connectivity index (χ0v) is 37.8. The molecule has 0 saturated heterocycles. The number of carbonyl (C=O) groups is 7. The molecule has 0 aliphatic carbocycles. The van der Waals surface area contributed by atoms with E-state index in [4.69, 9.17) is 37.9 Å². The van der Waals surface area contributed by atoms with Crippen molar-refractivity contribution in [1.29, 1.82) is 0 Å². The normalized spacial score (nSPS) is 13.3. The van der Waals surface area contributed by atoms with Crippen molar-refractivity contribution in [3.8, 4) is 0 Å². The average molecular weight is 903 g/mol. The van der Waals surface area contributed by atoms with E-state index >= 15 is 0 Å². The van der Waals surface area contributed by atoms with E-state index in [-0.39, 0.29) is 68.0 Å². The van der Waals surface area contributed by atoms with Crippen LogP contribution in [-0.4, -0.2) is 190 Å². The van der Waals surface area contributed by atoms with Gasteiger partial charge in [-0.25, -0.2) is 0 Å². The van der Waals surface area contributed by atoms with Gasteiger partial charge in [0.1, 0.15) is 12.1 Å². The molecule has 0 aromatic carbocycles. The van der Waals surface area contributed by atoms with E-state index in [0.717, 1.165) is 4.90 Å². The Balaban J connectivity index is 2.19. The predicted molar refractivity (Wildman–Crippen MR) is 229 cm³/mol. The third-order valence-electron chi connectivity index (χ3n) is 8.84. The first kappa shape index (κ1) is 56.9. The first-order valence-electron chi connectivity index (χ1n) is 21.9. The van der Waals surface area contributed by atoms with E-state index in [1.54, 1.807) is 21.0 Å². The molecule has 0 saturated carbocycles. The Bertz CT molecular complexity index is 1320. The van der Waals surface area contributed by atoms with Crippen molar-refractivity contribution in [2.45, 2.75) is 90.3 Å². The van der Waals surface area contributed by atoms with Crippen molar-refractivity contribution >= 4 is 41.4 Å². The Kier molecular flexibility index (Phi) is 34.7. The smallest absolute Gasteiger partial charge is 0.253 e. The fourth-order valence-electron chi connectivity index (χ4n) is 5.50. The van der Waals surface area contributed by atoms with Crippen LogP contribution in [0.3, 0.4) is 0 Å². The van der Waals surface area contributed by atoms with E-state index in [9.17, 15) is 33.6 Å². The Morgan fingerprint density at radius 1 is 0.524 bits per heavy atom. The molecule has 0 radical (unpaired) electrons. The molecule has 21 nitrogen and oxygen atoms in total. The number of hydrogen-bond donors (Lipinski definition) is 5. The van der Waals surface area contributed by atoms with Crippen molar-refractivity contribution in [2.75, 3.05) is 126 Å². The van der Waals surface area contributed by atoms with Crippen LogP contribution in [0.4, 0.5) is 0 Å². The van der Waals surface area contributed by atoms with Gasteiger partial charge in [-0.3, -0.25) is 38.5 Å². The van der Waals surface area contributed by atoms with E-state index in [0.29, 0.717) is 131 Å². The number of amides is 7. The summed E-state index contributed by atoms with van der Waals surface area (Å²) >= 11 is 0. The van der Waals surface area contributed by atoms with Gasteiger partial charge in [0.05, 0.1) is 106 Å². The highest BCUT2D eigenvalue weighted by Gasteiger charge is 2.24. The van der Waals surface area contributed by atoms with Crippen LogP contribution in [0.1, 0.15) is 72.1 Å². The second-order valence-electron chi connectivity index (χ2n) is 14.6. The summed E-state index contributed by atoms with van der Waals surface area (Å²) in [6, 6.07) is -1.86. The van der Waals surface area contributed by atoms with E-state index in [2.05, 4.69) is 26.6 Å². The van der Waals surface area contributed by atoms with Gasteiger partial charge in [0.25, 0.3) is 11.8 Å². The maximum Gasteiger partial charge on any atom is 0.253 e. The van der Waals surface area contributed by atoms with Crippen LogP contribution in [0, 0.1) is 0 Å². The van der Waals surface area contributed by atoms with Gasteiger partial charge in [0, 0.05) is 51.2 Å². The fourth-order valence-corrected chi connectivity index (χ4v) is 5.50. The van der Waals surface area contributed by atoms with E-state index in [1.807, 2.05) is 0 Å². The van der Waals surface area contributed by atoms with Crippen LogP contribution >= 0.6 is 0 Å². The molecule has 0 bridgehead atoms. The molecule has 1 rings (SSSR count). The highest BCUT2D eigenvalue weighted by atomic mass is 16.6. The van der Waals surface area contributed by atoms with Gasteiger partial charge >= 0.3 is 0 Å². The third-order valence-corrected chi connectivity index (χ3v) is 8.84. The molecule has 2 atom stereocenters. The van der Waals surface area contributed by atoms with Crippen LogP contribution in [0.2, 0.25) is 0 Å². The molecule has 1 aliphatic rings. The lowest BCUT2D eigenvalue weighted by Gasteiger charge is -2.20. The van der Waals surface area contributed by atoms with Gasteiger partial charge < -0.3 is 64.5 Å². The number of imide groups is 1. The van der Waals surface area contributed by atoms with E-state index < -0.39 is 30.4 Å². The summed E-state index contributed by atoms with van der Waals surface area (Å²) in [6.45, 7) is 12.0. The Hall–Kier alpha value is -4.09. The van der Waals surface area contributed by atoms with Crippen LogP contribution in [0.15, 0.2) is 12.2 Å². The minimum Gasteiger partial charge on any atom is -0.382 e. The minimum atomic E-state index is -0.944. The summed E-state index contributed by atoms with van der Waals surface area (Å²) in [5.41, 5.74) is 0. The van der Waals surface area contributed by atoms with Crippen molar-refractivity contribution in [1.82, 2.24) is 31.5 Å². The summed E-state index contributed by atoms with van der Waals surface area (Å²) in [5, 5.41) is 13.3. The maximum atomic E-state index is 13.1. The number of rotatable bonds is 42. The quantitative estimate of drug-likeness (QED) is 0.0384. The fraction of sp³-hybridized carbons (Fsp3) is 0.786. The monoisotopic (exact) mass is 903 g/mol. The number of nitrogens with one attached hydrogen (secondary N) is 5. The van der Waals surface area contributed by atoms with Crippen LogP contribution in [-0.2, 0) is 71.5 Å². The molecule has 362 valence electrons. The van der Waals surface area contributed by atoms with Gasteiger partial charge in [-0.2, -0.15) is 0 Å². The van der Waals surface area contributed by atoms with Crippen LogP contribution in [0.5, 0.6) is 0 Å². The van der Waals surface area contributed by atoms with Gasteiger partial charge in [-0.1, -0.05) is 6.42 Å². The molecule has 5 N–H and O–H groups in total. The number of methoxy groups -OCH3 is 1. The molecule has 1 aliphatic heterocycles. The largest absolute Gasteiger partial charge is 0.382 e. The number of ether oxygens (including phenoxy) is 8. The molecule has 2 unspecified atom stereocenters. The number of nitrogens with zero attached hydrogens (tertiary/aromatic N) is 1. The second kappa shape index (κ2) is 38.4. The molecule has 0 spiro atoms. The number of carbonyl (C=O) groups excluding carboxylic acids is 7. The SMILES string of the molecule is COCCOCCOCCOCCOCCOCCOCCOCCC(=O)NCCCCC(NC(=O)CCCCCN1C(=O)C=CC1=O)C(=O)NCC(=O)NC(C)C(=O)NC(C)C. The van der Waals surface area contributed by atoms with Gasteiger partial charge in [-0.15, -0.1) is 0 Å². The molecule has 0 fully saturated rings. The van der Waals surface area contributed by atoms with Gasteiger partial charge in [-0.05, 0) is 52.9 Å². The molecular formula is C42H74N6O15. The van der Waals surface area contributed by atoms with Crippen LogP contribution < -0.4 is 26.6 Å². The van der Waals surface area contributed by atoms with Crippen molar-refractivity contribution in [2.24, 2.45) is 0 Å². The molecule has 0 aromatic rings. The summed E-state index contributed by atoms with van der Waals surface area (Å²) in [5.74, 6) is -2.76. The van der Waals surface area contributed by atoms with Gasteiger partial charge in [0.2, 0.25) is 29.5 Å². The maximum absolute atomic E-state index is 13.1. The number of unbranched alkanes of at least 4 members (excludes halogenated alkanes) is 3. The lowest BCUT2D eigenvalue weighted by atomic mass is 10.1. The first-order chi connectivity index (χ1) is 30.4. The second-order valence-corrected chi connectivity index (χ2v) is 14.6. The lowest BCUT2D eigenvalue weighted by molar-refractivity contribution is -0.137. The third kappa shape index (κ3) is 32.3. The zero-order valence-electron chi connectivity index (χ0n) is 37.8. The Morgan fingerprint density at radius 2 is 1.03 bits per heavy atom. The molecule has 1 heterocycles. The summed E-state index contributed by atoms with van der Waals surface area (Å²) in [7, 11) is 1.63. The zero-order chi connectivity index (χ0) is 46.3. The average Bonchev–Trinajstić information content (AvgIpc) is 3.57. The Labute approximate surface area is 372 Å². The first-order valence-corrected chi connectivity index (χ1v) is 21.9. The Morgan fingerprint density at radius 3 is 1.54 bits per heavy atom. The highest BCUT2D eigenvalue weighted by Crippen LogP contribution is 2.09. The van der Waals surface area contributed by atoms with Crippen molar-refractivity contribution < 1.29 is 71.5 Å². The van der Waals surface area contributed by atoms with Crippen molar-refractivity contribution in [3.63, 3.8) is 0 Å².